The summed E-state index contributed by atoms with van der Waals surface area (Å²) in [7, 11) is -1.35. The van der Waals surface area contributed by atoms with Gasteiger partial charge in [0.2, 0.25) is 0 Å². The largest absolute Gasteiger partial charge is 0.512 e. The third-order valence-electron chi connectivity index (χ3n) is 6.50. The van der Waals surface area contributed by atoms with Gasteiger partial charge in [0.15, 0.2) is 5.78 Å². The monoisotopic (exact) mass is 731 g/mol. The zero-order valence-corrected chi connectivity index (χ0v) is 28.1. The van der Waals surface area contributed by atoms with Crippen LogP contribution in [0.5, 0.6) is 0 Å². The first-order valence-corrected chi connectivity index (χ1v) is 17.2. The van der Waals surface area contributed by atoms with Crippen molar-refractivity contribution in [2.75, 3.05) is 0 Å². The van der Waals surface area contributed by atoms with Crippen molar-refractivity contribution in [2.24, 2.45) is 0 Å². The number of rotatable bonds is 3. The van der Waals surface area contributed by atoms with Crippen molar-refractivity contribution < 1.29 is 30.0 Å². The number of pyridine rings is 1. The first-order valence-electron chi connectivity index (χ1n) is 12.9. The fourth-order valence-electron chi connectivity index (χ4n) is 4.66. The van der Waals surface area contributed by atoms with Gasteiger partial charge in [-0.1, -0.05) is 86.9 Å². The molecular formula is C33H36IrNO2SSi-. The Morgan fingerprint density at radius 1 is 0.974 bits per heavy atom. The molecule has 3 nitrogen and oxygen atoms in total. The Balaban J connectivity index is 0.000000468. The quantitative estimate of drug-likeness (QED) is 0.0874. The normalized spacial score (nSPS) is 12.3. The second kappa shape index (κ2) is 11.9. The molecule has 0 atom stereocenters. The maximum absolute atomic E-state index is 10.0. The minimum Gasteiger partial charge on any atom is -0.512 e. The third kappa shape index (κ3) is 6.93. The molecule has 2 aromatic heterocycles. The molecule has 3 aromatic carbocycles. The van der Waals surface area contributed by atoms with Crippen LogP contribution in [0.15, 0.2) is 72.6 Å². The van der Waals surface area contributed by atoms with Crippen molar-refractivity contribution in [1.82, 2.24) is 4.98 Å². The van der Waals surface area contributed by atoms with Gasteiger partial charge in [0.05, 0.1) is 13.8 Å². The minimum atomic E-state index is -1.35. The number of carbonyl (C=O) groups is 1. The number of nitrogens with zero attached hydrogens (tertiary/aromatic N) is 1. The Hall–Kier alpha value is -2.63. The van der Waals surface area contributed by atoms with Crippen LogP contribution in [0.25, 0.3) is 42.2 Å². The number of thiophene rings is 1. The molecule has 0 aliphatic rings. The topological polar surface area (TPSA) is 50.2 Å². The molecule has 0 aliphatic heterocycles. The molecule has 0 fully saturated rings. The van der Waals surface area contributed by atoms with Gasteiger partial charge < -0.3 is 5.11 Å². The van der Waals surface area contributed by atoms with Crippen LogP contribution < -0.4 is 5.19 Å². The molecule has 0 saturated heterocycles. The summed E-state index contributed by atoms with van der Waals surface area (Å²) >= 11 is 1.88. The summed E-state index contributed by atoms with van der Waals surface area (Å²) in [5, 5.41) is 14.9. The molecule has 39 heavy (non-hydrogen) atoms. The number of allylic oxidation sites excluding steroid dienone is 2. The summed E-state index contributed by atoms with van der Waals surface area (Å²) in [6, 6.07) is 23.8. The molecule has 205 valence electrons. The molecule has 0 bridgehead atoms. The van der Waals surface area contributed by atoms with Crippen LogP contribution in [0.1, 0.15) is 40.2 Å². The van der Waals surface area contributed by atoms with Gasteiger partial charge in [0.1, 0.15) is 0 Å². The summed E-state index contributed by atoms with van der Waals surface area (Å²) in [5.74, 6) is -0.0625. The summed E-state index contributed by atoms with van der Waals surface area (Å²) in [6.45, 7) is 16.9. The van der Waals surface area contributed by atoms with Crippen LogP contribution in [0.3, 0.4) is 0 Å². The molecule has 0 saturated carbocycles. The predicted molar refractivity (Wildman–Crippen MR) is 168 cm³/mol. The van der Waals surface area contributed by atoms with Crippen LogP contribution in [-0.4, -0.2) is 23.9 Å². The van der Waals surface area contributed by atoms with E-state index in [1.807, 2.05) is 17.5 Å². The first kappa shape index (κ1) is 30.9. The van der Waals surface area contributed by atoms with E-state index in [4.69, 9.17) is 10.1 Å². The van der Waals surface area contributed by atoms with Gasteiger partial charge in [-0.15, -0.1) is 40.5 Å². The molecule has 0 unspecified atom stereocenters. The minimum absolute atomic E-state index is 0. The zero-order valence-electron chi connectivity index (χ0n) is 23.9. The number of hydrogen-bond acceptors (Lipinski definition) is 4. The van der Waals surface area contributed by atoms with Crippen molar-refractivity contribution in [3.05, 3.63) is 84.3 Å². The van der Waals surface area contributed by atoms with E-state index in [1.165, 1.54) is 56.2 Å². The van der Waals surface area contributed by atoms with E-state index in [0.29, 0.717) is 0 Å². The summed E-state index contributed by atoms with van der Waals surface area (Å²) < 4.78 is 2.66. The first-order chi connectivity index (χ1) is 17.8. The third-order valence-corrected chi connectivity index (χ3v) is 9.66. The number of aliphatic hydroxyl groups excluding tert-OH is 1. The van der Waals surface area contributed by atoms with Crippen molar-refractivity contribution in [1.29, 1.82) is 0 Å². The second-order valence-electron chi connectivity index (χ2n) is 11.9. The van der Waals surface area contributed by atoms with E-state index in [9.17, 15) is 4.79 Å². The molecule has 6 heteroatoms. The maximum Gasteiger partial charge on any atom is 0.155 e. The SMILES string of the molecule is CC(=O)/C=C(/C)O.CC(C)(C)c1cc(-c2nccc3sc4cc([Si](C)(C)C)ccc4c23)[c-]c2ccccc12.[Ir]. The molecule has 5 aromatic rings. The van der Waals surface area contributed by atoms with Gasteiger partial charge >= 0.3 is 0 Å². The smallest absolute Gasteiger partial charge is 0.155 e. The Morgan fingerprint density at radius 2 is 1.67 bits per heavy atom. The number of ketones is 1. The molecule has 0 amide bonds. The number of benzene rings is 3. The zero-order chi connectivity index (χ0) is 27.8. The van der Waals surface area contributed by atoms with Crippen molar-refractivity contribution in [3.8, 4) is 11.3 Å². The molecule has 0 spiro atoms. The Morgan fingerprint density at radius 3 is 2.26 bits per heavy atom. The fourth-order valence-corrected chi connectivity index (χ4v) is 7.07. The average Bonchev–Trinajstić information content (AvgIpc) is 3.20. The van der Waals surface area contributed by atoms with Gasteiger partial charge in [-0.3, -0.25) is 9.78 Å². The van der Waals surface area contributed by atoms with Gasteiger partial charge in [-0.05, 0) is 42.2 Å². The van der Waals surface area contributed by atoms with Crippen molar-refractivity contribution in [2.45, 2.75) is 59.7 Å². The fraction of sp³-hybridized carbons (Fsp3) is 0.273. The molecule has 5 rings (SSSR count). The molecule has 1 radical (unpaired) electrons. The summed E-state index contributed by atoms with van der Waals surface area (Å²) in [6.07, 6.45) is 3.12. The standard InChI is InChI=1S/C28H28NSSi.C5H8O2.Ir/c1-28(2,3)23-16-19(15-18-9-7-8-10-21(18)23)27-26-22-12-11-20(31(4,5)6)17-25(22)30-24(26)13-14-29-27;1-4(6)3-5(2)7;/h7-14,16-17H,1-6H3;3,6H,1-2H3;/q-1;;/b;4-3-;. The second-order valence-corrected chi connectivity index (χ2v) is 18.0. The molecule has 1 N–H and O–H groups in total. The average molecular weight is 731 g/mol. The van der Waals surface area contributed by atoms with E-state index in [2.05, 4.69) is 101 Å². The Labute approximate surface area is 250 Å². The molecule has 2 heterocycles. The van der Waals surface area contributed by atoms with Crippen LogP contribution in [0.4, 0.5) is 0 Å². The van der Waals surface area contributed by atoms with Crippen LogP contribution in [0.2, 0.25) is 19.6 Å². The van der Waals surface area contributed by atoms with Crippen molar-refractivity contribution in [3.63, 3.8) is 0 Å². The van der Waals surface area contributed by atoms with Crippen molar-refractivity contribution >= 4 is 61.3 Å². The van der Waals surface area contributed by atoms with E-state index < -0.39 is 8.07 Å². The van der Waals surface area contributed by atoms with Crippen LogP contribution in [-0.2, 0) is 30.3 Å². The maximum atomic E-state index is 10.0. The van der Waals surface area contributed by atoms with Crippen LogP contribution in [0, 0.1) is 6.07 Å². The Bertz CT molecular complexity index is 1690. The summed E-state index contributed by atoms with van der Waals surface area (Å²) in [4.78, 5) is 14.9. The van der Waals surface area contributed by atoms with Gasteiger partial charge in [-0.25, -0.2) is 0 Å². The van der Waals surface area contributed by atoms with Gasteiger partial charge in [-0.2, -0.15) is 0 Å². The Kier molecular flexibility index (Phi) is 9.39. The summed E-state index contributed by atoms with van der Waals surface area (Å²) in [5.41, 5.74) is 3.51. The number of carbonyl (C=O) groups excluding carboxylic acids is 1. The molecule has 0 aliphatic carbocycles. The number of aliphatic hydroxyl groups is 1. The number of fused-ring (bicyclic) bond motifs is 4. The number of aromatic nitrogens is 1. The van der Waals surface area contributed by atoms with Crippen LogP contribution >= 0.6 is 11.3 Å². The van der Waals surface area contributed by atoms with E-state index in [-0.39, 0.29) is 37.1 Å². The molecular weight excluding hydrogens is 695 g/mol. The van der Waals surface area contributed by atoms with E-state index in [0.717, 1.165) is 16.6 Å². The van der Waals surface area contributed by atoms with Gasteiger partial charge in [0, 0.05) is 47.5 Å². The van der Waals surface area contributed by atoms with E-state index in [1.54, 1.807) is 0 Å². The van der Waals surface area contributed by atoms with E-state index >= 15 is 0 Å². The predicted octanol–water partition coefficient (Wildman–Crippen LogP) is 8.95. The number of hydrogen-bond donors (Lipinski definition) is 1. The van der Waals surface area contributed by atoms with Gasteiger partial charge in [0.25, 0.3) is 0 Å².